The first-order valence-electron chi connectivity index (χ1n) is 5.67. The van der Waals surface area contributed by atoms with Gasteiger partial charge in [-0.15, -0.1) is 0 Å². The monoisotopic (exact) mass is 239 g/mol. The average Bonchev–Trinajstić information content (AvgIpc) is 2.20. The lowest BCUT2D eigenvalue weighted by atomic mass is 10.2. The van der Waals surface area contributed by atoms with Gasteiger partial charge in [-0.1, -0.05) is 0 Å². The predicted molar refractivity (Wildman–Crippen MR) is 64.5 cm³/mol. The summed E-state index contributed by atoms with van der Waals surface area (Å²) >= 11 is 0. The quantitative estimate of drug-likeness (QED) is 0.808. The molecule has 1 rings (SSSR count). The van der Waals surface area contributed by atoms with Gasteiger partial charge >= 0.3 is 6.09 Å². The number of benzene rings is 1. The van der Waals surface area contributed by atoms with E-state index in [-0.39, 0.29) is 17.9 Å². The Labute approximate surface area is 101 Å². The Morgan fingerprint density at radius 2 is 1.59 bits per heavy atom. The third-order valence-corrected chi connectivity index (χ3v) is 2.34. The summed E-state index contributed by atoms with van der Waals surface area (Å²) in [5.74, 6) is -0.00271. The predicted octanol–water partition coefficient (Wildman–Crippen LogP) is 3.44. The van der Waals surface area contributed by atoms with Crippen LogP contribution in [0, 0.1) is 5.82 Å². The van der Waals surface area contributed by atoms with Gasteiger partial charge < -0.3 is 9.64 Å². The Morgan fingerprint density at radius 1 is 1.12 bits per heavy atom. The van der Waals surface area contributed by atoms with Crippen LogP contribution >= 0.6 is 0 Å². The van der Waals surface area contributed by atoms with Crippen molar-refractivity contribution in [3.63, 3.8) is 0 Å². The first kappa shape index (κ1) is 13.5. The van der Waals surface area contributed by atoms with Gasteiger partial charge in [0.1, 0.15) is 11.6 Å². The summed E-state index contributed by atoms with van der Waals surface area (Å²) in [7, 11) is 0. The minimum Gasteiger partial charge on any atom is -0.410 e. The van der Waals surface area contributed by atoms with Gasteiger partial charge in [0.15, 0.2) is 0 Å². The molecule has 94 valence electrons. The summed E-state index contributed by atoms with van der Waals surface area (Å²) < 4.78 is 17.9. The molecule has 0 aliphatic rings. The van der Waals surface area contributed by atoms with Crippen molar-refractivity contribution >= 4 is 6.09 Å². The van der Waals surface area contributed by atoms with E-state index in [1.165, 1.54) is 24.3 Å². The Morgan fingerprint density at radius 3 is 2.00 bits per heavy atom. The molecule has 1 aromatic rings. The number of ether oxygens (including phenoxy) is 1. The third-order valence-electron chi connectivity index (χ3n) is 2.34. The van der Waals surface area contributed by atoms with Crippen molar-refractivity contribution in [2.45, 2.75) is 39.8 Å². The smallest absolute Gasteiger partial charge is 0.410 e. The molecule has 0 N–H and O–H groups in total. The zero-order valence-electron chi connectivity index (χ0n) is 10.6. The van der Waals surface area contributed by atoms with E-state index < -0.39 is 6.09 Å². The lowest BCUT2D eigenvalue weighted by molar-refractivity contribution is 0.122. The molecule has 0 fully saturated rings. The van der Waals surface area contributed by atoms with Crippen molar-refractivity contribution in [2.24, 2.45) is 0 Å². The number of hydrogen-bond acceptors (Lipinski definition) is 2. The van der Waals surface area contributed by atoms with Gasteiger partial charge in [-0.25, -0.2) is 9.18 Å². The number of carbonyl (C=O) groups excluding carboxylic acids is 1. The van der Waals surface area contributed by atoms with Gasteiger partial charge in [-0.3, -0.25) is 0 Å². The molecule has 1 aromatic carbocycles. The maximum absolute atomic E-state index is 12.7. The highest BCUT2D eigenvalue weighted by molar-refractivity contribution is 5.71. The van der Waals surface area contributed by atoms with Crippen molar-refractivity contribution in [1.82, 2.24) is 4.90 Å². The maximum Gasteiger partial charge on any atom is 0.415 e. The first-order valence-corrected chi connectivity index (χ1v) is 5.67. The highest BCUT2D eigenvalue weighted by Gasteiger charge is 2.21. The Kier molecular flexibility index (Phi) is 4.49. The van der Waals surface area contributed by atoms with Crippen molar-refractivity contribution in [3.8, 4) is 5.75 Å². The van der Waals surface area contributed by atoms with Gasteiger partial charge in [0.2, 0.25) is 0 Å². The van der Waals surface area contributed by atoms with Gasteiger partial charge in [0.25, 0.3) is 0 Å². The molecule has 0 spiro atoms. The molecule has 0 aromatic heterocycles. The van der Waals surface area contributed by atoms with Crippen molar-refractivity contribution < 1.29 is 13.9 Å². The molecule has 0 saturated heterocycles. The lowest BCUT2D eigenvalue weighted by Crippen LogP contribution is -2.43. The van der Waals surface area contributed by atoms with Crippen molar-refractivity contribution in [3.05, 3.63) is 30.1 Å². The summed E-state index contributed by atoms with van der Waals surface area (Å²) in [6.45, 7) is 7.69. The molecule has 0 atom stereocenters. The fourth-order valence-electron chi connectivity index (χ4n) is 1.67. The largest absolute Gasteiger partial charge is 0.415 e. The Hall–Kier alpha value is -1.58. The maximum atomic E-state index is 12.7. The summed E-state index contributed by atoms with van der Waals surface area (Å²) in [5.41, 5.74) is 0. The Balaban J connectivity index is 2.73. The van der Waals surface area contributed by atoms with Crippen LogP contribution in [0.4, 0.5) is 9.18 Å². The summed E-state index contributed by atoms with van der Waals surface area (Å²) in [6, 6.07) is 5.51. The fourth-order valence-corrected chi connectivity index (χ4v) is 1.67. The van der Waals surface area contributed by atoms with Crippen LogP contribution in [0.5, 0.6) is 5.75 Å². The normalized spacial score (nSPS) is 10.8. The van der Waals surface area contributed by atoms with Crippen LogP contribution < -0.4 is 4.74 Å². The zero-order valence-corrected chi connectivity index (χ0v) is 10.6. The van der Waals surface area contributed by atoms with E-state index in [2.05, 4.69) is 0 Å². The van der Waals surface area contributed by atoms with E-state index in [1.54, 1.807) is 4.90 Å². The lowest BCUT2D eigenvalue weighted by Gasteiger charge is -2.29. The van der Waals surface area contributed by atoms with Gasteiger partial charge in [-0.05, 0) is 52.0 Å². The van der Waals surface area contributed by atoms with Gasteiger partial charge in [-0.2, -0.15) is 0 Å². The van der Waals surface area contributed by atoms with Crippen LogP contribution in [-0.4, -0.2) is 23.1 Å². The van der Waals surface area contributed by atoms with E-state index in [4.69, 9.17) is 4.74 Å². The molecule has 0 heterocycles. The zero-order chi connectivity index (χ0) is 13.0. The molecule has 0 aliphatic carbocycles. The molecule has 0 radical (unpaired) electrons. The van der Waals surface area contributed by atoms with Crippen LogP contribution in [-0.2, 0) is 0 Å². The second-order valence-corrected chi connectivity index (χ2v) is 4.42. The topological polar surface area (TPSA) is 29.5 Å². The van der Waals surface area contributed by atoms with Gasteiger partial charge in [0.05, 0.1) is 0 Å². The molecule has 0 bridgehead atoms. The van der Waals surface area contributed by atoms with E-state index in [0.717, 1.165) is 0 Å². The third kappa shape index (κ3) is 3.73. The summed E-state index contributed by atoms with van der Waals surface area (Å²) in [4.78, 5) is 13.5. The molecule has 0 aliphatic heterocycles. The molecule has 17 heavy (non-hydrogen) atoms. The van der Waals surface area contributed by atoms with E-state index in [0.29, 0.717) is 5.75 Å². The highest BCUT2D eigenvalue weighted by atomic mass is 19.1. The fraction of sp³-hybridized carbons (Fsp3) is 0.462. The van der Waals surface area contributed by atoms with E-state index in [1.807, 2.05) is 27.7 Å². The minimum absolute atomic E-state index is 0.0583. The molecule has 4 heteroatoms. The van der Waals surface area contributed by atoms with Gasteiger partial charge in [0, 0.05) is 12.1 Å². The molecule has 1 amide bonds. The van der Waals surface area contributed by atoms with E-state index in [9.17, 15) is 9.18 Å². The molecule has 0 saturated carbocycles. The van der Waals surface area contributed by atoms with Crippen molar-refractivity contribution in [2.75, 3.05) is 0 Å². The number of hydrogen-bond donors (Lipinski definition) is 0. The average molecular weight is 239 g/mol. The SMILES string of the molecule is CC(C)N(C(=O)Oc1ccc(F)cc1)C(C)C. The Bertz CT molecular complexity index is 366. The van der Waals surface area contributed by atoms with Crippen LogP contribution in [0.25, 0.3) is 0 Å². The highest BCUT2D eigenvalue weighted by Crippen LogP contribution is 2.14. The molecular weight excluding hydrogens is 221 g/mol. The van der Waals surface area contributed by atoms with Crippen molar-refractivity contribution in [1.29, 1.82) is 0 Å². The second kappa shape index (κ2) is 5.66. The molecule has 3 nitrogen and oxygen atoms in total. The molecular formula is C13H18FNO2. The number of amides is 1. The number of nitrogens with zero attached hydrogens (tertiary/aromatic N) is 1. The molecule has 0 unspecified atom stereocenters. The van der Waals surface area contributed by atoms with Crippen LogP contribution in [0.3, 0.4) is 0 Å². The van der Waals surface area contributed by atoms with Crippen LogP contribution in [0.2, 0.25) is 0 Å². The number of halogens is 1. The summed E-state index contributed by atoms with van der Waals surface area (Å²) in [5, 5.41) is 0. The van der Waals surface area contributed by atoms with E-state index >= 15 is 0 Å². The number of carbonyl (C=O) groups is 1. The van der Waals surface area contributed by atoms with Crippen LogP contribution in [0.15, 0.2) is 24.3 Å². The second-order valence-electron chi connectivity index (χ2n) is 4.42. The van der Waals surface area contributed by atoms with Crippen LogP contribution in [0.1, 0.15) is 27.7 Å². The minimum atomic E-state index is -0.415. The number of rotatable bonds is 3. The standard InChI is InChI=1S/C13H18FNO2/c1-9(2)15(10(3)4)13(16)17-12-7-5-11(14)6-8-12/h5-10H,1-4H3. The summed E-state index contributed by atoms with van der Waals surface area (Å²) in [6.07, 6.45) is -0.415. The first-order chi connectivity index (χ1) is 7.91.